The molecule has 1 aliphatic heterocycles. The predicted molar refractivity (Wildman–Crippen MR) is 74.9 cm³/mol. The molecular weight excluding hydrogens is 240 g/mol. The van der Waals surface area contributed by atoms with Crippen molar-refractivity contribution in [2.45, 2.75) is 32.1 Å². The monoisotopic (exact) mass is 260 g/mol. The Morgan fingerprint density at radius 3 is 3.11 bits per heavy atom. The van der Waals surface area contributed by atoms with Crippen LogP contribution in [0.1, 0.15) is 37.8 Å². The summed E-state index contributed by atoms with van der Waals surface area (Å²) in [6.45, 7) is 5.61. The van der Waals surface area contributed by atoms with E-state index in [1.54, 1.807) is 0 Å². The fourth-order valence-electron chi connectivity index (χ4n) is 2.83. The fourth-order valence-corrected chi connectivity index (χ4v) is 2.83. The molecule has 1 saturated heterocycles. The van der Waals surface area contributed by atoms with Crippen LogP contribution in [0.3, 0.4) is 0 Å². The number of nitrogen functional groups attached to an aromatic ring is 1. The van der Waals surface area contributed by atoms with Gasteiger partial charge in [0.1, 0.15) is 0 Å². The number of aromatic nitrogens is 2. The molecule has 1 aliphatic rings. The van der Waals surface area contributed by atoms with Crippen LogP contribution in [-0.4, -0.2) is 34.5 Å². The first-order chi connectivity index (χ1) is 9.26. The topological polar surface area (TPSA) is 68.2 Å². The molecule has 2 aromatic heterocycles. The first kappa shape index (κ1) is 12.4. The number of likely N-dealkylation sites (tertiary alicyclic amines) is 1. The van der Waals surface area contributed by atoms with Crippen molar-refractivity contribution in [1.82, 2.24) is 14.9 Å². The molecule has 3 heterocycles. The zero-order valence-electron chi connectivity index (χ0n) is 11.3. The second-order valence-electron chi connectivity index (χ2n) is 5.20. The molecule has 3 rings (SSSR count). The van der Waals surface area contributed by atoms with Gasteiger partial charge in [-0.3, -0.25) is 0 Å². The number of rotatable bonds is 2. The highest BCUT2D eigenvalue weighted by atomic mass is 16.4. The van der Waals surface area contributed by atoms with Gasteiger partial charge < -0.3 is 15.1 Å². The Hall–Kier alpha value is -1.62. The number of hydrogen-bond donors (Lipinski definition) is 1. The van der Waals surface area contributed by atoms with E-state index in [0.717, 1.165) is 18.8 Å². The van der Waals surface area contributed by atoms with Gasteiger partial charge in [-0.1, -0.05) is 13.3 Å². The van der Waals surface area contributed by atoms with Crippen LogP contribution in [-0.2, 0) is 0 Å². The number of hydrogen-bond acceptors (Lipinski definition) is 5. The molecule has 1 atom stereocenters. The Bertz CT molecular complexity index is 566. The normalized spacial score (nSPS) is 21.6. The van der Waals surface area contributed by atoms with Crippen molar-refractivity contribution in [2.24, 2.45) is 0 Å². The van der Waals surface area contributed by atoms with Crippen LogP contribution in [0.5, 0.6) is 0 Å². The summed E-state index contributed by atoms with van der Waals surface area (Å²) in [5.41, 5.74) is 7.97. The molecule has 5 heteroatoms. The largest absolute Gasteiger partial charge is 0.422 e. The summed E-state index contributed by atoms with van der Waals surface area (Å²) < 4.78 is 5.27. The maximum Gasteiger partial charge on any atom is 0.294 e. The van der Waals surface area contributed by atoms with E-state index in [4.69, 9.17) is 10.2 Å². The van der Waals surface area contributed by atoms with Crippen molar-refractivity contribution >= 4 is 17.2 Å². The number of pyridine rings is 1. The van der Waals surface area contributed by atoms with E-state index >= 15 is 0 Å². The average Bonchev–Trinajstić information content (AvgIpc) is 2.63. The van der Waals surface area contributed by atoms with Gasteiger partial charge in [0, 0.05) is 18.2 Å². The van der Waals surface area contributed by atoms with Crippen LogP contribution in [0.15, 0.2) is 16.5 Å². The van der Waals surface area contributed by atoms with E-state index in [-0.39, 0.29) is 6.01 Å². The predicted octanol–water partition coefficient (Wildman–Crippen LogP) is 2.39. The van der Waals surface area contributed by atoms with Crippen molar-refractivity contribution in [3.8, 4) is 0 Å². The molecule has 0 amide bonds. The van der Waals surface area contributed by atoms with Crippen molar-refractivity contribution in [2.75, 3.05) is 25.4 Å². The zero-order chi connectivity index (χ0) is 13.2. The highest BCUT2D eigenvalue weighted by molar-refractivity contribution is 5.69. The van der Waals surface area contributed by atoms with Crippen molar-refractivity contribution < 1.29 is 4.42 Å². The lowest BCUT2D eigenvalue weighted by Crippen LogP contribution is -2.27. The number of oxazole rings is 1. The molecule has 1 fully saturated rings. The van der Waals surface area contributed by atoms with E-state index in [1.807, 2.05) is 6.07 Å². The van der Waals surface area contributed by atoms with E-state index in [1.165, 1.54) is 25.8 Å². The third kappa shape index (κ3) is 2.56. The summed E-state index contributed by atoms with van der Waals surface area (Å²) in [4.78, 5) is 11.2. The standard InChI is InChI=1S/C14H20N4O/c1-2-18-8-4-3-5-10(9-18)11-6-7-12-13(16-11)17-14(15)19-12/h6-7,10H,2-5,8-9H2,1H3,(H2,15,16,17). The van der Waals surface area contributed by atoms with E-state index in [9.17, 15) is 0 Å². The maximum absolute atomic E-state index is 5.56. The first-order valence-corrected chi connectivity index (χ1v) is 7.01. The van der Waals surface area contributed by atoms with Crippen molar-refractivity contribution in [3.05, 3.63) is 17.8 Å². The molecule has 2 aromatic rings. The molecule has 2 N–H and O–H groups in total. The second kappa shape index (κ2) is 5.17. The molecular formula is C14H20N4O. The molecule has 0 radical (unpaired) electrons. The fraction of sp³-hybridized carbons (Fsp3) is 0.571. The van der Waals surface area contributed by atoms with Gasteiger partial charge in [0.2, 0.25) is 5.65 Å². The minimum Gasteiger partial charge on any atom is -0.422 e. The van der Waals surface area contributed by atoms with E-state index < -0.39 is 0 Å². The number of nitrogens with two attached hydrogens (primary N) is 1. The van der Waals surface area contributed by atoms with Gasteiger partial charge in [-0.25, -0.2) is 4.98 Å². The second-order valence-corrected chi connectivity index (χ2v) is 5.20. The van der Waals surface area contributed by atoms with Gasteiger partial charge in [-0.2, -0.15) is 4.98 Å². The van der Waals surface area contributed by atoms with Gasteiger partial charge >= 0.3 is 0 Å². The SMILES string of the molecule is CCN1CCCCC(c2ccc3oc(N)nc3n2)C1. The van der Waals surface area contributed by atoms with Gasteiger partial charge in [0.15, 0.2) is 5.58 Å². The number of likely N-dealkylation sites (N-methyl/N-ethyl adjacent to an activating group) is 1. The van der Waals surface area contributed by atoms with Crippen molar-refractivity contribution in [3.63, 3.8) is 0 Å². The Labute approximate surface area is 112 Å². The minimum absolute atomic E-state index is 0.190. The van der Waals surface area contributed by atoms with Crippen LogP contribution in [0.2, 0.25) is 0 Å². The van der Waals surface area contributed by atoms with Gasteiger partial charge in [-0.15, -0.1) is 0 Å². The van der Waals surface area contributed by atoms with Crippen LogP contribution in [0.25, 0.3) is 11.2 Å². The number of anilines is 1. The molecule has 19 heavy (non-hydrogen) atoms. The van der Waals surface area contributed by atoms with Crippen LogP contribution in [0.4, 0.5) is 6.01 Å². The summed E-state index contributed by atoms with van der Waals surface area (Å²) in [6.07, 6.45) is 3.74. The summed E-state index contributed by atoms with van der Waals surface area (Å²) in [7, 11) is 0. The molecule has 0 spiro atoms. The smallest absolute Gasteiger partial charge is 0.294 e. The zero-order valence-corrected chi connectivity index (χ0v) is 11.3. The lowest BCUT2D eigenvalue weighted by Gasteiger charge is -2.22. The number of fused-ring (bicyclic) bond motifs is 1. The first-order valence-electron chi connectivity index (χ1n) is 7.01. The lowest BCUT2D eigenvalue weighted by atomic mass is 9.99. The van der Waals surface area contributed by atoms with Gasteiger partial charge in [0.05, 0.1) is 0 Å². The van der Waals surface area contributed by atoms with Crippen molar-refractivity contribution in [1.29, 1.82) is 0 Å². The molecule has 5 nitrogen and oxygen atoms in total. The highest BCUT2D eigenvalue weighted by Crippen LogP contribution is 2.27. The summed E-state index contributed by atoms with van der Waals surface area (Å²) in [5.74, 6) is 0.491. The minimum atomic E-state index is 0.190. The highest BCUT2D eigenvalue weighted by Gasteiger charge is 2.20. The average molecular weight is 260 g/mol. The third-order valence-corrected chi connectivity index (χ3v) is 3.91. The summed E-state index contributed by atoms with van der Waals surface area (Å²) in [6, 6.07) is 4.18. The van der Waals surface area contributed by atoms with Gasteiger partial charge in [0.25, 0.3) is 6.01 Å². The number of nitrogens with zero attached hydrogens (tertiary/aromatic N) is 3. The van der Waals surface area contributed by atoms with Gasteiger partial charge in [-0.05, 0) is 38.1 Å². The Kier molecular flexibility index (Phi) is 3.38. The molecule has 0 saturated carbocycles. The molecule has 0 aromatic carbocycles. The van der Waals surface area contributed by atoms with Crippen LogP contribution in [0, 0.1) is 0 Å². The Morgan fingerprint density at radius 2 is 2.26 bits per heavy atom. The van der Waals surface area contributed by atoms with E-state index in [2.05, 4.69) is 27.9 Å². The summed E-state index contributed by atoms with van der Waals surface area (Å²) in [5, 5.41) is 0. The molecule has 0 bridgehead atoms. The van der Waals surface area contributed by atoms with Crippen LogP contribution >= 0.6 is 0 Å². The van der Waals surface area contributed by atoms with E-state index in [0.29, 0.717) is 17.1 Å². The molecule has 0 aliphatic carbocycles. The third-order valence-electron chi connectivity index (χ3n) is 3.91. The quantitative estimate of drug-likeness (QED) is 0.898. The maximum atomic E-state index is 5.56. The Morgan fingerprint density at radius 1 is 1.37 bits per heavy atom. The molecule has 1 unspecified atom stereocenters. The molecule has 102 valence electrons. The lowest BCUT2D eigenvalue weighted by molar-refractivity contribution is 0.286. The Balaban J connectivity index is 1.89. The van der Waals surface area contributed by atoms with Crippen LogP contribution < -0.4 is 5.73 Å². The summed E-state index contributed by atoms with van der Waals surface area (Å²) >= 11 is 0.